The molecule has 0 fully saturated rings. The van der Waals surface area contributed by atoms with E-state index >= 15 is 0 Å². The standard InChI is InChI=1S/C19H18P.C6H2Cl4O/c1-20(17-11-5-2-6-12-17,18-13-7-3-8-14-18)19-15-9-4-10-16-19;7-2-1-3(8)5(10)6(11)4(2)9/h2-16H,1H3;1,11H/q+1;/p-1. The summed E-state index contributed by atoms with van der Waals surface area (Å²) in [5.74, 6) is -0.536. The number of rotatable bonds is 3. The van der Waals surface area contributed by atoms with Crippen LogP contribution in [-0.4, -0.2) is 6.66 Å². The van der Waals surface area contributed by atoms with Gasteiger partial charge in [-0.2, -0.15) is 0 Å². The second-order valence-corrected chi connectivity index (χ2v) is 11.9. The SMILES string of the molecule is C[P+](c1ccccc1)(c1ccccc1)c1ccccc1.[O-]c1c(Cl)c(Cl)cc(Cl)c1Cl. The maximum atomic E-state index is 11.0. The maximum absolute atomic E-state index is 11.0. The fourth-order valence-corrected chi connectivity index (χ4v) is 7.17. The van der Waals surface area contributed by atoms with Crippen LogP contribution < -0.4 is 21.0 Å². The van der Waals surface area contributed by atoms with Crippen LogP contribution in [0.3, 0.4) is 0 Å². The number of hydrogen-bond acceptors (Lipinski definition) is 1. The van der Waals surface area contributed by atoms with Crippen molar-refractivity contribution in [3.63, 3.8) is 0 Å². The van der Waals surface area contributed by atoms with E-state index in [0.717, 1.165) is 0 Å². The monoisotopic (exact) mass is 506 g/mol. The van der Waals surface area contributed by atoms with Crippen molar-refractivity contribution in [3.05, 3.63) is 117 Å². The lowest BCUT2D eigenvalue weighted by Crippen LogP contribution is -2.30. The van der Waals surface area contributed by atoms with Crippen molar-refractivity contribution in [3.8, 4) is 5.75 Å². The zero-order valence-electron chi connectivity index (χ0n) is 16.6. The molecule has 0 amide bonds. The minimum absolute atomic E-state index is 0.0962. The molecule has 0 aliphatic carbocycles. The van der Waals surface area contributed by atoms with E-state index in [1.165, 1.54) is 22.0 Å². The molecule has 31 heavy (non-hydrogen) atoms. The smallest absolute Gasteiger partial charge is 0.109 e. The van der Waals surface area contributed by atoms with Gasteiger partial charge in [0.2, 0.25) is 0 Å². The third kappa shape index (κ3) is 5.37. The molecule has 0 N–H and O–H groups in total. The summed E-state index contributed by atoms with van der Waals surface area (Å²) in [6.07, 6.45) is 0. The van der Waals surface area contributed by atoms with Gasteiger partial charge in [0.05, 0.1) is 26.8 Å². The van der Waals surface area contributed by atoms with Gasteiger partial charge >= 0.3 is 0 Å². The predicted molar refractivity (Wildman–Crippen MR) is 137 cm³/mol. The van der Waals surface area contributed by atoms with E-state index in [1.54, 1.807) is 0 Å². The fourth-order valence-electron chi connectivity index (χ4n) is 3.18. The summed E-state index contributed by atoms with van der Waals surface area (Å²) >= 11 is 22.0. The first-order valence-corrected chi connectivity index (χ1v) is 13.1. The Morgan fingerprint density at radius 3 is 1.13 bits per heavy atom. The molecular formula is C25H19Cl4OP. The molecule has 4 aromatic rings. The van der Waals surface area contributed by atoms with E-state index in [1.807, 2.05) is 0 Å². The minimum Gasteiger partial charge on any atom is -0.870 e. The number of benzene rings is 4. The first-order chi connectivity index (χ1) is 14.9. The summed E-state index contributed by atoms with van der Waals surface area (Å²) < 4.78 is 0. The highest BCUT2D eigenvalue weighted by Gasteiger charge is 2.39. The third-order valence-corrected chi connectivity index (χ3v) is 10.4. The van der Waals surface area contributed by atoms with Crippen molar-refractivity contribution in [2.45, 2.75) is 0 Å². The number of hydrogen-bond donors (Lipinski definition) is 0. The Balaban J connectivity index is 0.000000210. The molecule has 0 bridgehead atoms. The summed E-state index contributed by atoms with van der Waals surface area (Å²) in [6, 6.07) is 34.0. The van der Waals surface area contributed by atoms with Crippen LogP contribution in [0, 0.1) is 0 Å². The molecule has 0 unspecified atom stereocenters. The van der Waals surface area contributed by atoms with E-state index in [4.69, 9.17) is 46.4 Å². The first-order valence-electron chi connectivity index (χ1n) is 9.39. The highest BCUT2D eigenvalue weighted by Crippen LogP contribution is 2.51. The average molecular weight is 508 g/mol. The second-order valence-electron chi connectivity index (χ2n) is 6.81. The molecule has 0 radical (unpaired) electrons. The van der Waals surface area contributed by atoms with Crippen LogP contribution in [0.25, 0.3) is 0 Å². The van der Waals surface area contributed by atoms with Crippen molar-refractivity contribution < 1.29 is 5.11 Å². The maximum Gasteiger partial charge on any atom is 0.109 e. The van der Waals surface area contributed by atoms with Crippen molar-refractivity contribution in [1.82, 2.24) is 0 Å². The van der Waals surface area contributed by atoms with Gasteiger partial charge in [0.15, 0.2) is 0 Å². The normalized spacial score (nSPS) is 10.9. The van der Waals surface area contributed by atoms with E-state index in [2.05, 4.69) is 97.7 Å². The van der Waals surface area contributed by atoms with Gasteiger partial charge in [0, 0.05) is 0 Å². The molecule has 4 rings (SSSR count). The van der Waals surface area contributed by atoms with Crippen LogP contribution in [0.15, 0.2) is 97.1 Å². The van der Waals surface area contributed by atoms with Crippen LogP contribution >= 0.6 is 53.7 Å². The lowest BCUT2D eigenvalue weighted by Gasteiger charge is -2.22. The summed E-state index contributed by atoms with van der Waals surface area (Å²) in [5, 5.41) is 15.3. The van der Waals surface area contributed by atoms with Crippen LogP contribution in [0.2, 0.25) is 20.1 Å². The highest BCUT2D eigenvalue weighted by molar-refractivity contribution is 7.95. The summed E-state index contributed by atoms with van der Waals surface area (Å²) in [7, 11) is -1.53. The van der Waals surface area contributed by atoms with Gasteiger partial charge in [-0.3, -0.25) is 0 Å². The first kappa shape index (κ1) is 23.9. The average Bonchev–Trinajstić information content (AvgIpc) is 2.83. The Kier molecular flexibility index (Phi) is 8.28. The topological polar surface area (TPSA) is 23.1 Å². The van der Waals surface area contributed by atoms with E-state index in [9.17, 15) is 5.11 Å². The molecule has 0 aliphatic rings. The van der Waals surface area contributed by atoms with Crippen LogP contribution in [0.4, 0.5) is 0 Å². The molecule has 158 valence electrons. The lowest BCUT2D eigenvalue weighted by molar-refractivity contribution is -0.267. The van der Waals surface area contributed by atoms with Crippen molar-refractivity contribution in [2.24, 2.45) is 0 Å². The van der Waals surface area contributed by atoms with Gasteiger partial charge < -0.3 is 5.11 Å². The summed E-state index contributed by atoms with van der Waals surface area (Å²) in [6.45, 7) is 2.41. The van der Waals surface area contributed by atoms with Gasteiger partial charge in [-0.1, -0.05) is 107 Å². The molecular weight excluding hydrogens is 489 g/mol. The zero-order chi connectivity index (χ0) is 22.4. The Morgan fingerprint density at radius 2 is 0.839 bits per heavy atom. The molecule has 0 heterocycles. The van der Waals surface area contributed by atoms with E-state index in [0.29, 0.717) is 0 Å². The molecule has 4 aromatic carbocycles. The molecule has 0 saturated carbocycles. The quantitative estimate of drug-likeness (QED) is 0.216. The largest absolute Gasteiger partial charge is 0.870 e. The Hall–Kier alpha value is -1.73. The van der Waals surface area contributed by atoms with Gasteiger partial charge in [0.25, 0.3) is 0 Å². The fraction of sp³-hybridized carbons (Fsp3) is 0.0400. The molecule has 0 aromatic heterocycles. The molecule has 0 saturated heterocycles. The summed E-state index contributed by atoms with van der Waals surface area (Å²) in [5.41, 5.74) is 0. The molecule has 0 spiro atoms. The van der Waals surface area contributed by atoms with Gasteiger partial charge in [0.1, 0.15) is 23.2 Å². The Bertz CT molecular complexity index is 1010. The van der Waals surface area contributed by atoms with Gasteiger partial charge in [-0.15, -0.1) is 0 Å². The van der Waals surface area contributed by atoms with Crippen LogP contribution in [0.1, 0.15) is 0 Å². The minimum atomic E-state index is -1.53. The van der Waals surface area contributed by atoms with Crippen LogP contribution in [-0.2, 0) is 0 Å². The van der Waals surface area contributed by atoms with Crippen molar-refractivity contribution in [1.29, 1.82) is 0 Å². The molecule has 1 nitrogen and oxygen atoms in total. The third-order valence-electron chi connectivity index (χ3n) is 4.89. The van der Waals surface area contributed by atoms with Crippen LogP contribution in [0.5, 0.6) is 5.75 Å². The lowest BCUT2D eigenvalue weighted by atomic mass is 10.3. The molecule has 6 heteroatoms. The number of halogens is 4. The van der Waals surface area contributed by atoms with Gasteiger partial charge in [-0.05, 0) is 42.5 Å². The van der Waals surface area contributed by atoms with Gasteiger partial charge in [-0.25, -0.2) is 0 Å². The van der Waals surface area contributed by atoms with E-state index < -0.39 is 13.0 Å². The second kappa shape index (κ2) is 10.7. The molecule has 0 atom stereocenters. The van der Waals surface area contributed by atoms with E-state index in [-0.39, 0.29) is 20.1 Å². The van der Waals surface area contributed by atoms with Crippen molar-refractivity contribution >= 4 is 69.6 Å². The molecule has 0 aliphatic heterocycles. The zero-order valence-corrected chi connectivity index (χ0v) is 20.5. The Morgan fingerprint density at radius 1 is 0.548 bits per heavy atom. The highest BCUT2D eigenvalue weighted by atomic mass is 35.5. The predicted octanol–water partition coefficient (Wildman–Crippen LogP) is 6.98. The summed E-state index contributed by atoms with van der Waals surface area (Å²) in [4.78, 5) is 0. The van der Waals surface area contributed by atoms with Crippen molar-refractivity contribution in [2.75, 3.05) is 6.66 Å². The Labute approximate surface area is 203 Å².